The van der Waals surface area contributed by atoms with E-state index >= 15 is 0 Å². The van der Waals surface area contributed by atoms with Crippen LogP contribution in [0, 0.1) is 6.92 Å². The first-order valence-corrected chi connectivity index (χ1v) is 7.90. The number of aryl methyl sites for hydroxylation is 1. The van der Waals surface area contributed by atoms with Gasteiger partial charge in [-0.1, -0.05) is 11.6 Å². The number of methoxy groups -OCH3 is 1. The number of rotatable bonds is 2. The van der Waals surface area contributed by atoms with Gasteiger partial charge in [-0.15, -0.1) is 11.3 Å². The molecule has 6 heteroatoms. The van der Waals surface area contributed by atoms with Gasteiger partial charge in [-0.05, 0) is 52.0 Å². The number of hydrogen-bond acceptors (Lipinski definition) is 4. The Morgan fingerprint density at radius 2 is 2.10 bits per heavy atom. The van der Waals surface area contributed by atoms with Gasteiger partial charge < -0.3 is 4.74 Å². The molecule has 0 atom stereocenters. The van der Waals surface area contributed by atoms with E-state index in [1.807, 2.05) is 30.5 Å². The van der Waals surface area contributed by atoms with Crippen LogP contribution in [-0.4, -0.2) is 17.1 Å². The fraction of sp³-hybridized carbons (Fsp3) is 0.143. The van der Waals surface area contributed by atoms with Gasteiger partial charge in [0.2, 0.25) is 0 Å². The van der Waals surface area contributed by atoms with Gasteiger partial charge >= 0.3 is 0 Å². The minimum Gasteiger partial charge on any atom is -0.495 e. The Morgan fingerprint density at radius 3 is 2.85 bits per heavy atom. The standard InChI is InChI=1S/C14H10BrClN2OS/c1-7-5-8-11(9(15)6-7)17-14(18-13(8)16)12-10(19-2)3-4-20-12/h3-6H,1-2H3. The van der Waals surface area contributed by atoms with E-state index in [4.69, 9.17) is 16.3 Å². The molecular weight excluding hydrogens is 360 g/mol. The molecule has 102 valence electrons. The Kier molecular flexibility index (Phi) is 3.67. The van der Waals surface area contributed by atoms with Gasteiger partial charge in [-0.3, -0.25) is 0 Å². The fourth-order valence-electron chi connectivity index (χ4n) is 2.01. The highest BCUT2D eigenvalue weighted by Gasteiger charge is 2.15. The Hall–Kier alpha value is -1.17. The Bertz CT molecular complexity index is 803. The van der Waals surface area contributed by atoms with E-state index in [0.29, 0.717) is 11.0 Å². The third kappa shape index (κ3) is 2.30. The summed E-state index contributed by atoms with van der Waals surface area (Å²) in [7, 11) is 1.63. The number of fused-ring (bicyclic) bond motifs is 1. The summed E-state index contributed by atoms with van der Waals surface area (Å²) >= 11 is 11.4. The molecule has 3 aromatic rings. The average molecular weight is 370 g/mol. The lowest BCUT2D eigenvalue weighted by atomic mass is 10.2. The molecule has 0 aliphatic heterocycles. The third-order valence-corrected chi connectivity index (χ3v) is 4.69. The summed E-state index contributed by atoms with van der Waals surface area (Å²) < 4.78 is 6.23. The molecule has 0 saturated carbocycles. The van der Waals surface area contributed by atoms with E-state index in [0.717, 1.165) is 31.6 Å². The zero-order chi connectivity index (χ0) is 14.3. The maximum Gasteiger partial charge on any atom is 0.175 e. The SMILES string of the molecule is COc1ccsc1-c1nc(Cl)c2cc(C)cc(Br)c2n1. The van der Waals surface area contributed by atoms with E-state index in [1.165, 1.54) is 11.3 Å². The molecule has 2 aromatic heterocycles. The fourth-order valence-corrected chi connectivity index (χ4v) is 3.69. The molecule has 3 nitrogen and oxygen atoms in total. The second-order valence-electron chi connectivity index (χ2n) is 4.30. The molecule has 0 saturated heterocycles. The van der Waals surface area contributed by atoms with Crippen molar-refractivity contribution in [3.05, 3.63) is 38.8 Å². The smallest absolute Gasteiger partial charge is 0.175 e. The molecule has 20 heavy (non-hydrogen) atoms. The van der Waals surface area contributed by atoms with Crippen LogP contribution in [0.25, 0.3) is 21.6 Å². The van der Waals surface area contributed by atoms with Crippen molar-refractivity contribution in [1.82, 2.24) is 9.97 Å². The molecule has 0 bridgehead atoms. The zero-order valence-electron chi connectivity index (χ0n) is 10.8. The number of hydrogen-bond donors (Lipinski definition) is 0. The number of nitrogens with zero attached hydrogens (tertiary/aromatic N) is 2. The summed E-state index contributed by atoms with van der Waals surface area (Å²) in [5.41, 5.74) is 1.91. The Labute approximate surface area is 133 Å². The molecule has 0 N–H and O–H groups in total. The van der Waals surface area contributed by atoms with Gasteiger partial charge in [0.15, 0.2) is 5.82 Å². The second-order valence-corrected chi connectivity index (χ2v) is 6.43. The van der Waals surface area contributed by atoms with Crippen LogP contribution < -0.4 is 4.74 Å². The topological polar surface area (TPSA) is 35.0 Å². The van der Waals surface area contributed by atoms with Crippen molar-refractivity contribution in [1.29, 1.82) is 0 Å². The van der Waals surface area contributed by atoms with Gasteiger partial charge in [0, 0.05) is 9.86 Å². The van der Waals surface area contributed by atoms with Gasteiger partial charge in [0.05, 0.1) is 12.6 Å². The summed E-state index contributed by atoms with van der Waals surface area (Å²) in [5.74, 6) is 1.34. The van der Waals surface area contributed by atoms with Crippen molar-refractivity contribution in [2.24, 2.45) is 0 Å². The molecule has 0 aliphatic carbocycles. The number of aromatic nitrogens is 2. The van der Waals surface area contributed by atoms with Crippen molar-refractivity contribution in [3.8, 4) is 16.5 Å². The van der Waals surface area contributed by atoms with Crippen LogP contribution >= 0.6 is 38.9 Å². The lowest BCUT2D eigenvalue weighted by Gasteiger charge is -2.07. The van der Waals surface area contributed by atoms with Gasteiger partial charge in [0.1, 0.15) is 15.8 Å². The molecule has 0 amide bonds. The van der Waals surface area contributed by atoms with E-state index < -0.39 is 0 Å². The van der Waals surface area contributed by atoms with Crippen molar-refractivity contribution < 1.29 is 4.74 Å². The monoisotopic (exact) mass is 368 g/mol. The lowest BCUT2D eigenvalue weighted by molar-refractivity contribution is 0.418. The maximum atomic E-state index is 6.31. The highest BCUT2D eigenvalue weighted by Crippen LogP contribution is 2.36. The third-order valence-electron chi connectivity index (χ3n) is 2.90. The first-order valence-electron chi connectivity index (χ1n) is 5.85. The van der Waals surface area contributed by atoms with Crippen LogP contribution in [0.5, 0.6) is 5.75 Å². The highest BCUT2D eigenvalue weighted by molar-refractivity contribution is 9.10. The first-order chi connectivity index (χ1) is 9.60. The van der Waals surface area contributed by atoms with Crippen molar-refractivity contribution in [3.63, 3.8) is 0 Å². The quantitative estimate of drug-likeness (QED) is 0.590. The minimum atomic E-state index is 0.449. The summed E-state index contributed by atoms with van der Waals surface area (Å²) in [6.07, 6.45) is 0. The normalized spacial score (nSPS) is 11.0. The van der Waals surface area contributed by atoms with Gasteiger partial charge in [-0.2, -0.15) is 0 Å². The minimum absolute atomic E-state index is 0.449. The molecule has 3 rings (SSSR count). The molecule has 0 radical (unpaired) electrons. The van der Waals surface area contributed by atoms with E-state index in [9.17, 15) is 0 Å². The number of benzene rings is 1. The lowest BCUT2D eigenvalue weighted by Crippen LogP contribution is -1.93. The van der Waals surface area contributed by atoms with Crippen molar-refractivity contribution in [2.45, 2.75) is 6.92 Å². The number of thiophene rings is 1. The van der Waals surface area contributed by atoms with E-state index in [-0.39, 0.29) is 0 Å². The molecule has 0 aliphatic rings. The number of halogens is 2. The molecule has 0 spiro atoms. The predicted molar refractivity (Wildman–Crippen MR) is 86.9 cm³/mol. The van der Waals surface area contributed by atoms with Crippen LogP contribution in [0.4, 0.5) is 0 Å². The van der Waals surface area contributed by atoms with Gasteiger partial charge in [-0.25, -0.2) is 9.97 Å². The molecular formula is C14H10BrClN2OS. The largest absolute Gasteiger partial charge is 0.495 e. The Morgan fingerprint density at radius 1 is 1.30 bits per heavy atom. The van der Waals surface area contributed by atoms with Crippen molar-refractivity contribution >= 4 is 49.8 Å². The van der Waals surface area contributed by atoms with Crippen LogP contribution in [0.3, 0.4) is 0 Å². The molecule has 1 aromatic carbocycles. The molecule has 0 fully saturated rings. The zero-order valence-corrected chi connectivity index (χ0v) is 13.9. The van der Waals surface area contributed by atoms with Crippen LogP contribution in [-0.2, 0) is 0 Å². The van der Waals surface area contributed by atoms with Crippen LogP contribution in [0.2, 0.25) is 5.15 Å². The summed E-state index contributed by atoms with van der Waals surface area (Å²) in [4.78, 5) is 9.89. The van der Waals surface area contributed by atoms with E-state index in [1.54, 1.807) is 7.11 Å². The molecule has 0 unspecified atom stereocenters. The van der Waals surface area contributed by atoms with Crippen LogP contribution in [0.15, 0.2) is 28.1 Å². The van der Waals surface area contributed by atoms with Gasteiger partial charge in [0.25, 0.3) is 0 Å². The predicted octanol–water partition coefficient (Wildman–Crippen LogP) is 5.09. The highest BCUT2D eigenvalue weighted by atomic mass is 79.9. The first kappa shape index (κ1) is 13.8. The molecule has 2 heterocycles. The average Bonchev–Trinajstić information content (AvgIpc) is 2.88. The summed E-state index contributed by atoms with van der Waals surface area (Å²) in [5, 5.41) is 3.24. The van der Waals surface area contributed by atoms with Crippen molar-refractivity contribution in [2.75, 3.05) is 7.11 Å². The van der Waals surface area contributed by atoms with E-state index in [2.05, 4.69) is 25.9 Å². The van der Waals surface area contributed by atoms with Crippen LogP contribution in [0.1, 0.15) is 5.56 Å². The Balaban J connectivity index is 2.30. The summed E-state index contributed by atoms with van der Waals surface area (Å²) in [6, 6.07) is 5.89. The number of ether oxygens (including phenoxy) is 1. The maximum absolute atomic E-state index is 6.31. The second kappa shape index (κ2) is 5.31. The summed E-state index contributed by atoms with van der Waals surface area (Å²) in [6.45, 7) is 2.01.